The summed E-state index contributed by atoms with van der Waals surface area (Å²) in [7, 11) is 2.53. The van der Waals surface area contributed by atoms with Crippen molar-refractivity contribution in [1.82, 2.24) is 0 Å². The van der Waals surface area contributed by atoms with Gasteiger partial charge in [0.05, 0.1) is 18.7 Å². The summed E-state index contributed by atoms with van der Waals surface area (Å²) in [5.41, 5.74) is 5.61. The Hall–Kier alpha value is -1.34. The Morgan fingerprint density at radius 1 is 1.47 bits per heavy atom. The Labute approximate surface area is 105 Å². The molecular weight excluding hydrogens is 297 g/mol. The third-order valence-corrected chi connectivity index (χ3v) is 2.75. The van der Waals surface area contributed by atoms with E-state index in [9.17, 15) is 9.18 Å². The van der Waals surface area contributed by atoms with Gasteiger partial charge in [-0.3, -0.25) is 4.79 Å². The second-order valence-electron chi connectivity index (χ2n) is 3.14. The van der Waals surface area contributed by atoms with E-state index in [2.05, 4.69) is 15.9 Å². The highest BCUT2D eigenvalue weighted by Gasteiger charge is 2.25. The smallest absolute Gasteiger partial charge is 0.325 e. The quantitative estimate of drug-likeness (QED) is 0.884. The van der Waals surface area contributed by atoms with Crippen molar-refractivity contribution in [2.24, 2.45) is 5.73 Å². The van der Waals surface area contributed by atoms with Crippen molar-refractivity contribution >= 4 is 21.9 Å². The lowest BCUT2D eigenvalue weighted by atomic mass is 10.1. The van der Waals surface area contributed by atoms with Crippen molar-refractivity contribution in [3.05, 3.63) is 21.9 Å². The maximum atomic E-state index is 13.7. The van der Waals surface area contributed by atoms with E-state index in [1.807, 2.05) is 0 Å². The Morgan fingerprint density at radius 3 is 2.41 bits per heavy atom. The number of ether oxygens (including phenoxy) is 2. The molecule has 1 atom stereocenters. The summed E-state index contributed by atoms with van der Waals surface area (Å²) >= 11 is 2.96. The van der Waals surface area contributed by atoms with E-state index >= 15 is 0 Å². The lowest BCUT2D eigenvalue weighted by Gasteiger charge is -2.16. The fraction of sp³-hybridized carbons (Fsp3) is 0.300. The van der Waals surface area contributed by atoms with Crippen molar-refractivity contribution < 1.29 is 23.8 Å². The zero-order valence-corrected chi connectivity index (χ0v) is 10.7. The van der Waals surface area contributed by atoms with E-state index in [0.717, 1.165) is 0 Å². The van der Waals surface area contributed by atoms with Crippen LogP contribution in [0.25, 0.3) is 0 Å². The van der Waals surface area contributed by atoms with Crippen LogP contribution < -0.4 is 15.2 Å². The third-order valence-electron chi connectivity index (χ3n) is 2.17. The van der Waals surface area contributed by atoms with Crippen LogP contribution in [-0.2, 0) is 4.79 Å². The minimum absolute atomic E-state index is 0.0249. The molecule has 0 aliphatic rings. The molecule has 0 aliphatic heterocycles. The number of benzene rings is 1. The van der Waals surface area contributed by atoms with E-state index < -0.39 is 17.8 Å². The molecule has 0 amide bonds. The van der Waals surface area contributed by atoms with Crippen LogP contribution in [0, 0.1) is 5.82 Å². The van der Waals surface area contributed by atoms with Gasteiger partial charge in [0, 0.05) is 5.56 Å². The number of methoxy groups -OCH3 is 2. The van der Waals surface area contributed by atoms with Crippen molar-refractivity contribution in [3.63, 3.8) is 0 Å². The van der Waals surface area contributed by atoms with Crippen LogP contribution in [0.2, 0.25) is 0 Å². The maximum Gasteiger partial charge on any atom is 0.325 e. The first-order valence-electron chi connectivity index (χ1n) is 4.52. The van der Waals surface area contributed by atoms with Crippen LogP contribution in [0.1, 0.15) is 11.6 Å². The predicted octanol–water partition coefficient (Wildman–Crippen LogP) is 1.69. The Kier molecular flexibility index (Phi) is 4.30. The first-order valence-corrected chi connectivity index (χ1v) is 5.31. The van der Waals surface area contributed by atoms with E-state index in [1.165, 1.54) is 20.3 Å². The predicted molar refractivity (Wildman–Crippen MR) is 61.8 cm³/mol. The maximum absolute atomic E-state index is 13.7. The fourth-order valence-corrected chi connectivity index (χ4v) is 1.79. The number of halogens is 2. The molecule has 0 spiro atoms. The van der Waals surface area contributed by atoms with Gasteiger partial charge in [-0.1, -0.05) is 0 Å². The minimum Gasteiger partial charge on any atom is -0.492 e. The Balaban J connectivity index is 3.49. The second-order valence-corrected chi connectivity index (χ2v) is 4.00. The van der Waals surface area contributed by atoms with Crippen molar-refractivity contribution in [2.75, 3.05) is 14.2 Å². The van der Waals surface area contributed by atoms with Crippen LogP contribution in [0.5, 0.6) is 11.5 Å². The van der Waals surface area contributed by atoms with Gasteiger partial charge < -0.3 is 20.3 Å². The summed E-state index contributed by atoms with van der Waals surface area (Å²) in [5, 5.41) is 8.85. The molecule has 1 unspecified atom stereocenters. The summed E-state index contributed by atoms with van der Waals surface area (Å²) in [5.74, 6) is -2.13. The molecule has 1 rings (SSSR count). The molecule has 0 saturated heterocycles. The zero-order chi connectivity index (χ0) is 13.2. The average Bonchev–Trinajstić information content (AvgIpc) is 2.30. The number of aliphatic carboxylic acids is 1. The summed E-state index contributed by atoms with van der Waals surface area (Å²) in [6.07, 6.45) is 0. The van der Waals surface area contributed by atoms with Crippen molar-refractivity contribution in [3.8, 4) is 11.5 Å². The van der Waals surface area contributed by atoms with Gasteiger partial charge in [-0.15, -0.1) is 0 Å². The normalized spacial score (nSPS) is 12.1. The molecule has 17 heavy (non-hydrogen) atoms. The van der Waals surface area contributed by atoms with Gasteiger partial charge in [-0.25, -0.2) is 4.39 Å². The summed E-state index contributed by atoms with van der Waals surface area (Å²) < 4.78 is 23.5. The standard InChI is InChI=1S/C10H11BrFNO4/c1-16-8-4(7(13)10(14)15)3-5(11)6(12)9(8)17-2/h3,7H,13H2,1-2H3,(H,14,15). The Morgan fingerprint density at radius 2 is 2.00 bits per heavy atom. The highest BCUT2D eigenvalue weighted by molar-refractivity contribution is 9.10. The lowest BCUT2D eigenvalue weighted by Crippen LogP contribution is -2.21. The van der Waals surface area contributed by atoms with Crippen molar-refractivity contribution in [2.45, 2.75) is 6.04 Å². The van der Waals surface area contributed by atoms with Crippen LogP contribution in [-0.4, -0.2) is 25.3 Å². The van der Waals surface area contributed by atoms with Crippen LogP contribution in [0.4, 0.5) is 4.39 Å². The number of hydrogen-bond acceptors (Lipinski definition) is 4. The third kappa shape index (κ3) is 2.50. The number of hydrogen-bond donors (Lipinski definition) is 2. The SMILES string of the molecule is COc1c(C(N)C(=O)O)cc(Br)c(F)c1OC. The number of carbonyl (C=O) groups is 1. The van der Waals surface area contributed by atoms with Gasteiger partial charge >= 0.3 is 5.97 Å². The molecule has 1 aromatic rings. The lowest BCUT2D eigenvalue weighted by molar-refractivity contribution is -0.138. The molecule has 94 valence electrons. The molecule has 0 aromatic heterocycles. The van der Waals surface area contributed by atoms with Gasteiger partial charge in [-0.05, 0) is 22.0 Å². The molecule has 0 bridgehead atoms. The number of carboxylic acids is 1. The highest BCUT2D eigenvalue weighted by Crippen LogP contribution is 2.40. The summed E-state index contributed by atoms with van der Waals surface area (Å²) in [6.45, 7) is 0. The molecule has 1 aromatic carbocycles. The Bertz CT molecular complexity index is 452. The van der Waals surface area contributed by atoms with E-state index in [4.69, 9.17) is 20.3 Å². The van der Waals surface area contributed by atoms with Crippen LogP contribution in [0.15, 0.2) is 10.5 Å². The minimum atomic E-state index is -1.32. The highest BCUT2D eigenvalue weighted by atomic mass is 79.9. The van der Waals surface area contributed by atoms with E-state index in [-0.39, 0.29) is 21.5 Å². The molecule has 3 N–H and O–H groups in total. The molecule has 0 fully saturated rings. The first-order chi connectivity index (χ1) is 7.93. The summed E-state index contributed by atoms with van der Waals surface area (Å²) in [4.78, 5) is 10.8. The van der Waals surface area contributed by atoms with Crippen LogP contribution >= 0.6 is 15.9 Å². The molecule has 0 radical (unpaired) electrons. The number of carboxylic acid groups (broad SMARTS) is 1. The molecular formula is C10H11BrFNO4. The van der Waals surface area contributed by atoms with Gasteiger partial charge in [-0.2, -0.15) is 0 Å². The topological polar surface area (TPSA) is 81.8 Å². The monoisotopic (exact) mass is 307 g/mol. The van der Waals surface area contributed by atoms with Crippen molar-refractivity contribution in [1.29, 1.82) is 0 Å². The molecule has 0 saturated carbocycles. The van der Waals surface area contributed by atoms with E-state index in [0.29, 0.717) is 0 Å². The zero-order valence-electron chi connectivity index (χ0n) is 9.16. The fourth-order valence-electron chi connectivity index (χ4n) is 1.36. The average molecular weight is 308 g/mol. The number of rotatable bonds is 4. The molecule has 0 heterocycles. The van der Waals surface area contributed by atoms with Gasteiger partial charge in [0.15, 0.2) is 17.3 Å². The largest absolute Gasteiger partial charge is 0.492 e. The summed E-state index contributed by atoms with van der Waals surface area (Å²) in [6, 6.07) is -0.0640. The van der Waals surface area contributed by atoms with Crippen LogP contribution in [0.3, 0.4) is 0 Å². The second kappa shape index (κ2) is 5.33. The first kappa shape index (κ1) is 13.7. The number of nitrogens with two attached hydrogens (primary N) is 1. The molecule has 5 nitrogen and oxygen atoms in total. The van der Waals surface area contributed by atoms with Gasteiger partial charge in [0.25, 0.3) is 0 Å². The van der Waals surface area contributed by atoms with E-state index in [1.54, 1.807) is 0 Å². The molecule has 7 heteroatoms. The van der Waals surface area contributed by atoms with Gasteiger partial charge in [0.1, 0.15) is 6.04 Å². The van der Waals surface area contributed by atoms with Gasteiger partial charge in [0.2, 0.25) is 0 Å². The molecule has 0 aliphatic carbocycles.